The standard InChI is InChI=1S/C13H18BrN3O2S/c1-3-19-11(18)13(20-2)4-6-17(7-5-13)12-15-8-10(14)9-16-12/h8-9H,3-7H2,1-2H3. The molecule has 1 aliphatic heterocycles. The number of halogens is 1. The number of esters is 1. The van der Waals surface area contributed by atoms with Crippen LogP contribution in [0.5, 0.6) is 0 Å². The lowest BCUT2D eigenvalue weighted by atomic mass is 9.96. The van der Waals surface area contributed by atoms with Crippen LogP contribution in [0.1, 0.15) is 19.8 Å². The zero-order valence-electron chi connectivity index (χ0n) is 11.6. The molecule has 110 valence electrons. The number of thioether (sulfide) groups is 1. The number of aromatic nitrogens is 2. The van der Waals surface area contributed by atoms with Crippen molar-refractivity contribution >= 4 is 39.6 Å². The minimum Gasteiger partial charge on any atom is -0.465 e. The monoisotopic (exact) mass is 359 g/mol. The first-order chi connectivity index (χ1) is 9.61. The molecule has 7 heteroatoms. The van der Waals surface area contributed by atoms with Crippen LogP contribution in [-0.4, -0.2) is 46.6 Å². The van der Waals surface area contributed by atoms with Gasteiger partial charge in [-0.3, -0.25) is 4.79 Å². The Morgan fingerprint density at radius 3 is 2.55 bits per heavy atom. The predicted molar refractivity (Wildman–Crippen MR) is 84.1 cm³/mol. The molecule has 2 heterocycles. The number of carbonyl (C=O) groups excluding carboxylic acids is 1. The van der Waals surface area contributed by atoms with Crippen LogP contribution in [0, 0.1) is 0 Å². The van der Waals surface area contributed by atoms with Gasteiger partial charge in [-0.2, -0.15) is 0 Å². The summed E-state index contributed by atoms with van der Waals surface area (Å²) in [6, 6.07) is 0. The summed E-state index contributed by atoms with van der Waals surface area (Å²) < 4.78 is 5.67. The maximum atomic E-state index is 12.1. The summed E-state index contributed by atoms with van der Waals surface area (Å²) >= 11 is 4.92. The second kappa shape index (κ2) is 6.76. The van der Waals surface area contributed by atoms with Crippen LogP contribution in [0.4, 0.5) is 5.95 Å². The number of nitrogens with zero attached hydrogens (tertiary/aromatic N) is 3. The van der Waals surface area contributed by atoms with Gasteiger partial charge in [0.25, 0.3) is 0 Å². The highest BCUT2D eigenvalue weighted by Crippen LogP contribution is 2.36. The van der Waals surface area contributed by atoms with E-state index in [1.165, 1.54) is 0 Å². The van der Waals surface area contributed by atoms with Crippen LogP contribution in [0.3, 0.4) is 0 Å². The first-order valence-electron chi connectivity index (χ1n) is 6.56. The molecule has 1 fully saturated rings. The van der Waals surface area contributed by atoms with Gasteiger partial charge in [0.15, 0.2) is 0 Å². The Balaban J connectivity index is 2.03. The fraction of sp³-hybridized carbons (Fsp3) is 0.615. The maximum absolute atomic E-state index is 12.1. The lowest BCUT2D eigenvalue weighted by molar-refractivity contribution is -0.146. The zero-order chi connectivity index (χ0) is 14.6. The smallest absolute Gasteiger partial charge is 0.322 e. The van der Waals surface area contributed by atoms with Crippen molar-refractivity contribution in [1.82, 2.24) is 9.97 Å². The van der Waals surface area contributed by atoms with Gasteiger partial charge in [0, 0.05) is 25.5 Å². The van der Waals surface area contributed by atoms with Crippen LogP contribution in [0.25, 0.3) is 0 Å². The van der Waals surface area contributed by atoms with E-state index in [-0.39, 0.29) is 5.97 Å². The Bertz CT molecular complexity index is 461. The first kappa shape index (κ1) is 15.6. The van der Waals surface area contributed by atoms with Crippen molar-refractivity contribution in [2.75, 3.05) is 30.9 Å². The molecule has 0 bridgehead atoms. The molecular formula is C13H18BrN3O2S. The normalized spacial score (nSPS) is 17.9. The summed E-state index contributed by atoms with van der Waals surface area (Å²) in [7, 11) is 0. The molecule has 20 heavy (non-hydrogen) atoms. The molecule has 1 aromatic heterocycles. The molecular weight excluding hydrogens is 342 g/mol. The van der Waals surface area contributed by atoms with Crippen molar-refractivity contribution in [1.29, 1.82) is 0 Å². The van der Waals surface area contributed by atoms with Gasteiger partial charge in [-0.1, -0.05) is 0 Å². The number of hydrogen-bond acceptors (Lipinski definition) is 6. The third-order valence-electron chi connectivity index (χ3n) is 3.50. The van der Waals surface area contributed by atoms with Gasteiger partial charge >= 0.3 is 5.97 Å². The fourth-order valence-electron chi connectivity index (χ4n) is 2.29. The minimum absolute atomic E-state index is 0.0936. The molecule has 0 N–H and O–H groups in total. The molecule has 0 aliphatic carbocycles. The van der Waals surface area contributed by atoms with E-state index in [2.05, 4.69) is 30.8 Å². The van der Waals surface area contributed by atoms with E-state index in [1.807, 2.05) is 13.2 Å². The van der Waals surface area contributed by atoms with Gasteiger partial charge in [0.2, 0.25) is 5.95 Å². The summed E-state index contributed by atoms with van der Waals surface area (Å²) in [6.45, 7) is 3.81. The van der Waals surface area contributed by atoms with Gasteiger partial charge in [-0.25, -0.2) is 9.97 Å². The Morgan fingerprint density at radius 2 is 2.05 bits per heavy atom. The number of rotatable bonds is 4. The van der Waals surface area contributed by atoms with E-state index in [1.54, 1.807) is 24.2 Å². The van der Waals surface area contributed by atoms with E-state index in [0.717, 1.165) is 30.4 Å². The quantitative estimate of drug-likeness (QED) is 0.769. The lowest BCUT2D eigenvalue weighted by Crippen LogP contribution is -2.48. The lowest BCUT2D eigenvalue weighted by Gasteiger charge is -2.38. The highest BCUT2D eigenvalue weighted by molar-refractivity contribution is 9.10. The summed E-state index contributed by atoms with van der Waals surface area (Å²) in [6.07, 6.45) is 6.97. The van der Waals surface area contributed by atoms with Gasteiger partial charge < -0.3 is 9.64 Å². The van der Waals surface area contributed by atoms with E-state index < -0.39 is 4.75 Å². The number of ether oxygens (including phenoxy) is 1. The zero-order valence-corrected chi connectivity index (χ0v) is 14.0. The van der Waals surface area contributed by atoms with Crippen molar-refractivity contribution in [2.45, 2.75) is 24.5 Å². The van der Waals surface area contributed by atoms with Crippen LogP contribution in [0.15, 0.2) is 16.9 Å². The van der Waals surface area contributed by atoms with Crippen LogP contribution in [-0.2, 0) is 9.53 Å². The van der Waals surface area contributed by atoms with Crippen molar-refractivity contribution in [3.63, 3.8) is 0 Å². The minimum atomic E-state index is -0.415. The van der Waals surface area contributed by atoms with Gasteiger partial charge in [-0.15, -0.1) is 11.8 Å². The van der Waals surface area contributed by atoms with E-state index in [9.17, 15) is 4.79 Å². The van der Waals surface area contributed by atoms with Gasteiger partial charge in [0.05, 0.1) is 11.1 Å². The Kier molecular flexibility index (Phi) is 5.26. The van der Waals surface area contributed by atoms with Crippen LogP contribution in [0.2, 0.25) is 0 Å². The van der Waals surface area contributed by atoms with Crippen molar-refractivity contribution in [3.05, 3.63) is 16.9 Å². The molecule has 0 unspecified atom stereocenters. The number of piperidine rings is 1. The third-order valence-corrected chi connectivity index (χ3v) is 5.26. The van der Waals surface area contributed by atoms with Crippen molar-refractivity contribution in [2.24, 2.45) is 0 Å². The van der Waals surface area contributed by atoms with Crippen molar-refractivity contribution in [3.8, 4) is 0 Å². The molecule has 0 atom stereocenters. The van der Waals surface area contributed by atoms with Gasteiger partial charge in [-0.05, 0) is 42.0 Å². The van der Waals surface area contributed by atoms with Crippen LogP contribution < -0.4 is 4.90 Å². The van der Waals surface area contributed by atoms with E-state index in [4.69, 9.17) is 4.74 Å². The molecule has 1 saturated heterocycles. The molecule has 1 aromatic rings. The molecule has 0 saturated carbocycles. The molecule has 0 spiro atoms. The number of hydrogen-bond donors (Lipinski definition) is 0. The third kappa shape index (κ3) is 3.25. The summed E-state index contributed by atoms with van der Waals surface area (Å²) in [5, 5.41) is 0. The summed E-state index contributed by atoms with van der Waals surface area (Å²) in [5.74, 6) is 0.621. The first-order valence-corrected chi connectivity index (χ1v) is 8.58. The van der Waals surface area contributed by atoms with Crippen molar-refractivity contribution < 1.29 is 9.53 Å². The summed E-state index contributed by atoms with van der Waals surface area (Å²) in [4.78, 5) is 22.9. The molecule has 0 aromatic carbocycles. The SMILES string of the molecule is CCOC(=O)C1(SC)CCN(c2ncc(Br)cn2)CC1. The topological polar surface area (TPSA) is 55.3 Å². The highest BCUT2D eigenvalue weighted by Gasteiger charge is 2.42. The molecule has 1 aliphatic rings. The average Bonchev–Trinajstić information content (AvgIpc) is 2.48. The molecule has 0 radical (unpaired) electrons. The molecule has 5 nitrogen and oxygen atoms in total. The van der Waals surface area contributed by atoms with Crippen LogP contribution >= 0.6 is 27.7 Å². The second-order valence-electron chi connectivity index (χ2n) is 4.61. The number of carbonyl (C=O) groups is 1. The van der Waals surface area contributed by atoms with E-state index in [0.29, 0.717) is 12.6 Å². The fourth-order valence-corrected chi connectivity index (χ4v) is 3.31. The molecule has 0 amide bonds. The molecule has 2 rings (SSSR count). The number of anilines is 1. The highest BCUT2D eigenvalue weighted by atomic mass is 79.9. The maximum Gasteiger partial charge on any atom is 0.322 e. The Hall–Kier alpha value is -0.820. The summed E-state index contributed by atoms with van der Waals surface area (Å²) in [5.41, 5.74) is 0. The average molecular weight is 360 g/mol. The Morgan fingerprint density at radius 1 is 1.45 bits per heavy atom. The largest absolute Gasteiger partial charge is 0.465 e. The second-order valence-corrected chi connectivity index (χ2v) is 6.71. The van der Waals surface area contributed by atoms with Gasteiger partial charge in [0.1, 0.15) is 4.75 Å². The van der Waals surface area contributed by atoms with E-state index >= 15 is 0 Å². The Labute approximate surface area is 131 Å². The predicted octanol–water partition coefficient (Wildman–Crippen LogP) is 2.50.